The Morgan fingerprint density at radius 2 is 2.07 bits per heavy atom. The van der Waals surface area contributed by atoms with Gasteiger partial charge in [-0.2, -0.15) is 0 Å². The minimum absolute atomic E-state index is 0.184. The summed E-state index contributed by atoms with van der Waals surface area (Å²) in [6, 6.07) is 0. The van der Waals surface area contributed by atoms with Crippen molar-refractivity contribution < 1.29 is 14.3 Å². The second kappa shape index (κ2) is 5.89. The van der Waals surface area contributed by atoms with Crippen molar-refractivity contribution >= 4 is 11.8 Å². The summed E-state index contributed by atoms with van der Waals surface area (Å²) in [6.45, 7) is 2.14. The Morgan fingerprint density at radius 3 is 2.67 bits per heavy atom. The highest BCUT2D eigenvalue weighted by molar-refractivity contribution is 5.82. The number of rotatable bonds is 5. The largest absolute Gasteiger partial charge is 0.469 e. The Hall–Kier alpha value is -0.860. The molecule has 0 amide bonds. The summed E-state index contributed by atoms with van der Waals surface area (Å²) in [6.07, 6.45) is 5.02. The van der Waals surface area contributed by atoms with Crippen molar-refractivity contribution in [3.05, 3.63) is 0 Å². The lowest BCUT2D eigenvalue weighted by atomic mass is 9.89. The third-order valence-electron chi connectivity index (χ3n) is 3.23. The molecule has 1 rings (SSSR count). The van der Waals surface area contributed by atoms with Crippen molar-refractivity contribution in [2.75, 3.05) is 7.11 Å². The van der Waals surface area contributed by atoms with Gasteiger partial charge in [0, 0.05) is 19.3 Å². The predicted octanol–water partition coefficient (Wildman–Crippen LogP) is 2.33. The highest BCUT2D eigenvalue weighted by Crippen LogP contribution is 2.35. The highest BCUT2D eigenvalue weighted by Gasteiger charge is 2.33. The third-order valence-corrected chi connectivity index (χ3v) is 3.23. The molecule has 0 aromatic rings. The zero-order valence-corrected chi connectivity index (χ0v) is 9.62. The first-order chi connectivity index (χ1) is 7.17. The molecule has 0 radical (unpaired) electrons. The van der Waals surface area contributed by atoms with E-state index in [1.54, 1.807) is 0 Å². The van der Waals surface area contributed by atoms with Crippen LogP contribution >= 0.6 is 0 Å². The molecule has 15 heavy (non-hydrogen) atoms. The van der Waals surface area contributed by atoms with Crippen molar-refractivity contribution in [1.29, 1.82) is 0 Å². The molecule has 1 aliphatic rings. The van der Waals surface area contributed by atoms with E-state index in [9.17, 15) is 9.59 Å². The topological polar surface area (TPSA) is 43.4 Å². The average molecular weight is 212 g/mol. The van der Waals surface area contributed by atoms with Gasteiger partial charge < -0.3 is 4.74 Å². The van der Waals surface area contributed by atoms with Gasteiger partial charge in [0.2, 0.25) is 0 Å². The van der Waals surface area contributed by atoms with Crippen LogP contribution in [0.4, 0.5) is 0 Å². The molecule has 0 N–H and O–H groups in total. The maximum atomic E-state index is 11.3. The minimum Gasteiger partial charge on any atom is -0.469 e. The number of unbranched alkanes of at least 4 members (excludes halogenated alkanes) is 1. The van der Waals surface area contributed by atoms with Gasteiger partial charge in [-0.3, -0.25) is 9.59 Å². The maximum absolute atomic E-state index is 11.3. The van der Waals surface area contributed by atoms with Crippen LogP contribution in [0.1, 0.15) is 45.4 Å². The van der Waals surface area contributed by atoms with Gasteiger partial charge in [-0.25, -0.2) is 0 Å². The number of methoxy groups -OCH3 is 1. The van der Waals surface area contributed by atoms with Gasteiger partial charge in [0.25, 0.3) is 0 Å². The summed E-state index contributed by atoms with van der Waals surface area (Å²) in [5, 5.41) is 0. The maximum Gasteiger partial charge on any atom is 0.305 e. The number of carbonyl (C=O) groups excluding carboxylic acids is 2. The Morgan fingerprint density at radius 1 is 1.40 bits per heavy atom. The molecule has 0 heterocycles. The Kier molecular flexibility index (Phi) is 4.79. The quantitative estimate of drug-likeness (QED) is 0.657. The SMILES string of the molecule is CCCCC1CC(=O)CC1CC(=O)OC. The minimum atomic E-state index is -0.184. The lowest BCUT2D eigenvalue weighted by Crippen LogP contribution is -2.14. The Bertz CT molecular complexity index is 235. The first-order valence-electron chi connectivity index (χ1n) is 5.75. The molecule has 0 bridgehead atoms. The van der Waals surface area contributed by atoms with E-state index in [0.717, 1.165) is 19.3 Å². The van der Waals surface area contributed by atoms with E-state index in [-0.39, 0.29) is 11.9 Å². The highest BCUT2D eigenvalue weighted by atomic mass is 16.5. The van der Waals surface area contributed by atoms with E-state index >= 15 is 0 Å². The van der Waals surface area contributed by atoms with Gasteiger partial charge in [-0.05, 0) is 18.3 Å². The fraction of sp³-hybridized carbons (Fsp3) is 0.833. The molecular formula is C12H20O3. The number of ether oxygens (including phenoxy) is 1. The molecule has 3 nitrogen and oxygen atoms in total. The van der Waals surface area contributed by atoms with Crippen LogP contribution in [0, 0.1) is 11.8 Å². The van der Waals surface area contributed by atoms with E-state index in [1.807, 2.05) is 0 Å². The standard InChI is InChI=1S/C12H20O3/c1-3-4-5-9-6-11(13)7-10(9)8-12(14)15-2/h9-10H,3-8H2,1-2H3. The van der Waals surface area contributed by atoms with Crippen LogP contribution in [0.2, 0.25) is 0 Å². The molecule has 0 spiro atoms. The number of hydrogen-bond donors (Lipinski definition) is 0. The van der Waals surface area contributed by atoms with Gasteiger partial charge >= 0.3 is 5.97 Å². The summed E-state index contributed by atoms with van der Waals surface area (Å²) in [7, 11) is 1.40. The first kappa shape index (κ1) is 12.2. The second-order valence-electron chi connectivity index (χ2n) is 4.39. The van der Waals surface area contributed by atoms with Crippen LogP contribution in [0.3, 0.4) is 0 Å². The summed E-state index contributed by atoms with van der Waals surface area (Å²) in [5.41, 5.74) is 0. The molecule has 0 aliphatic heterocycles. The predicted molar refractivity (Wildman–Crippen MR) is 57.4 cm³/mol. The number of ketones is 1. The van der Waals surface area contributed by atoms with E-state index in [2.05, 4.69) is 11.7 Å². The van der Waals surface area contributed by atoms with Crippen LogP contribution in [-0.4, -0.2) is 18.9 Å². The normalized spacial score (nSPS) is 25.6. The number of esters is 1. The molecule has 2 unspecified atom stereocenters. The fourth-order valence-electron chi connectivity index (χ4n) is 2.34. The van der Waals surface area contributed by atoms with Crippen LogP contribution in [0.25, 0.3) is 0 Å². The van der Waals surface area contributed by atoms with Crippen molar-refractivity contribution in [2.45, 2.75) is 45.4 Å². The summed E-state index contributed by atoms with van der Waals surface area (Å²) < 4.78 is 4.65. The van der Waals surface area contributed by atoms with Crippen LogP contribution in [0.15, 0.2) is 0 Å². The molecule has 0 aromatic heterocycles. The van der Waals surface area contributed by atoms with Gasteiger partial charge in [0.15, 0.2) is 0 Å². The van der Waals surface area contributed by atoms with E-state index < -0.39 is 0 Å². The van der Waals surface area contributed by atoms with Gasteiger partial charge in [-0.15, -0.1) is 0 Å². The summed E-state index contributed by atoms with van der Waals surface area (Å²) in [4.78, 5) is 22.5. The molecule has 86 valence electrons. The van der Waals surface area contributed by atoms with E-state index in [4.69, 9.17) is 0 Å². The molecule has 1 aliphatic carbocycles. The molecule has 3 heteroatoms. The van der Waals surface area contributed by atoms with E-state index in [1.165, 1.54) is 7.11 Å². The Balaban J connectivity index is 2.45. The fourth-order valence-corrected chi connectivity index (χ4v) is 2.34. The van der Waals surface area contributed by atoms with Gasteiger partial charge in [-0.1, -0.05) is 19.8 Å². The number of hydrogen-bond acceptors (Lipinski definition) is 3. The number of Topliss-reactive ketones (excluding diaryl/α,β-unsaturated/α-hetero) is 1. The van der Waals surface area contributed by atoms with Crippen LogP contribution in [-0.2, 0) is 14.3 Å². The summed E-state index contributed by atoms with van der Waals surface area (Å²) in [5.74, 6) is 0.772. The zero-order chi connectivity index (χ0) is 11.3. The van der Waals surface area contributed by atoms with Gasteiger partial charge in [0.05, 0.1) is 7.11 Å². The van der Waals surface area contributed by atoms with Crippen molar-refractivity contribution in [3.63, 3.8) is 0 Å². The van der Waals surface area contributed by atoms with Crippen LogP contribution < -0.4 is 0 Å². The van der Waals surface area contributed by atoms with E-state index in [0.29, 0.717) is 31.0 Å². The van der Waals surface area contributed by atoms with Crippen molar-refractivity contribution in [2.24, 2.45) is 11.8 Å². The van der Waals surface area contributed by atoms with Crippen molar-refractivity contribution in [1.82, 2.24) is 0 Å². The van der Waals surface area contributed by atoms with Gasteiger partial charge in [0.1, 0.15) is 5.78 Å². The molecular weight excluding hydrogens is 192 g/mol. The number of carbonyl (C=O) groups is 2. The third kappa shape index (κ3) is 3.65. The average Bonchev–Trinajstić information content (AvgIpc) is 2.55. The molecule has 1 fully saturated rings. The summed E-state index contributed by atoms with van der Waals surface area (Å²) >= 11 is 0. The molecule has 0 saturated heterocycles. The smallest absolute Gasteiger partial charge is 0.305 e. The molecule has 1 saturated carbocycles. The van der Waals surface area contributed by atoms with Crippen molar-refractivity contribution in [3.8, 4) is 0 Å². The van der Waals surface area contributed by atoms with Crippen LogP contribution in [0.5, 0.6) is 0 Å². The molecule has 2 atom stereocenters. The lowest BCUT2D eigenvalue weighted by molar-refractivity contribution is -0.142. The molecule has 0 aromatic carbocycles. The first-order valence-corrected chi connectivity index (χ1v) is 5.75. The second-order valence-corrected chi connectivity index (χ2v) is 4.39. The Labute approximate surface area is 91.2 Å². The monoisotopic (exact) mass is 212 g/mol. The zero-order valence-electron chi connectivity index (χ0n) is 9.62. The lowest BCUT2D eigenvalue weighted by Gasteiger charge is -2.16.